The van der Waals surface area contributed by atoms with Gasteiger partial charge in [-0.3, -0.25) is 25.0 Å². The molecule has 1 N–H and O–H groups in total. The molecule has 3 aromatic carbocycles. The number of rotatable bonds is 6. The Labute approximate surface area is 250 Å². The summed E-state index contributed by atoms with van der Waals surface area (Å²) >= 11 is 6.49. The van der Waals surface area contributed by atoms with Crippen molar-refractivity contribution in [1.29, 1.82) is 0 Å². The molecule has 10 nitrogen and oxygen atoms in total. The number of carbonyl (C=O) groups is 4. The van der Waals surface area contributed by atoms with Gasteiger partial charge in [-0.1, -0.05) is 22.0 Å². The van der Waals surface area contributed by atoms with Gasteiger partial charge in [-0.25, -0.2) is 14.5 Å². The van der Waals surface area contributed by atoms with Crippen LogP contribution in [0.1, 0.15) is 16.7 Å². The standard InChI is InChI=1S/C27H14Br2F3N3O7/c28-17-10-15(23(21(29)13-17)42-22(36)9-6-14-4-7-18(8-5-14)35(40)41)11-20-24(37)33-26(39)34(25(20)38)19-3-1-2-16(12-19)27(30,31)32/h1-13H,(H,33,37,39)/b9-6+,20-11-. The second-order valence-electron chi connectivity index (χ2n) is 8.41. The van der Waals surface area contributed by atoms with Crippen LogP contribution in [0.2, 0.25) is 0 Å². The van der Waals surface area contributed by atoms with Crippen LogP contribution in [0.3, 0.4) is 0 Å². The van der Waals surface area contributed by atoms with E-state index < -0.39 is 51.7 Å². The van der Waals surface area contributed by atoms with E-state index >= 15 is 0 Å². The van der Waals surface area contributed by atoms with Crippen LogP contribution in [0.25, 0.3) is 12.2 Å². The number of halogens is 5. The summed E-state index contributed by atoms with van der Waals surface area (Å²) in [7, 11) is 0. The van der Waals surface area contributed by atoms with E-state index in [1.165, 1.54) is 42.5 Å². The second kappa shape index (κ2) is 12.1. The van der Waals surface area contributed by atoms with E-state index in [0.29, 0.717) is 21.0 Å². The molecule has 1 saturated heterocycles. The van der Waals surface area contributed by atoms with Crippen molar-refractivity contribution in [2.24, 2.45) is 0 Å². The Bertz CT molecular complexity index is 1700. The summed E-state index contributed by atoms with van der Waals surface area (Å²) in [5, 5.41) is 12.7. The van der Waals surface area contributed by atoms with E-state index in [9.17, 15) is 42.5 Å². The molecule has 0 aromatic heterocycles. The number of benzene rings is 3. The molecule has 0 radical (unpaired) electrons. The summed E-state index contributed by atoms with van der Waals surface area (Å²) in [6, 6.07) is 10.4. The molecule has 1 fully saturated rings. The maximum Gasteiger partial charge on any atom is 0.416 e. The largest absolute Gasteiger partial charge is 0.422 e. The fourth-order valence-corrected chi connectivity index (χ4v) is 5.01. The number of hydrogen-bond acceptors (Lipinski definition) is 7. The van der Waals surface area contributed by atoms with Gasteiger partial charge in [0.1, 0.15) is 5.57 Å². The zero-order valence-electron chi connectivity index (χ0n) is 20.6. The lowest BCUT2D eigenvalue weighted by Gasteiger charge is -2.27. The molecule has 0 atom stereocenters. The molecule has 1 aliphatic rings. The van der Waals surface area contributed by atoms with Gasteiger partial charge in [0.2, 0.25) is 0 Å². The summed E-state index contributed by atoms with van der Waals surface area (Å²) in [4.78, 5) is 61.6. The Balaban J connectivity index is 1.66. The Morgan fingerprint density at radius 2 is 1.71 bits per heavy atom. The van der Waals surface area contributed by atoms with Crippen molar-refractivity contribution in [3.63, 3.8) is 0 Å². The third-order valence-corrected chi connectivity index (χ3v) is 6.64. The van der Waals surface area contributed by atoms with Gasteiger partial charge in [-0.15, -0.1) is 0 Å². The number of hydrogen-bond donors (Lipinski definition) is 1. The number of anilines is 1. The summed E-state index contributed by atoms with van der Waals surface area (Å²) in [6.45, 7) is 0. The molecule has 4 amide bonds. The zero-order chi connectivity index (χ0) is 30.8. The fourth-order valence-electron chi connectivity index (χ4n) is 3.67. The third kappa shape index (κ3) is 6.80. The second-order valence-corrected chi connectivity index (χ2v) is 10.2. The first kappa shape index (κ1) is 30.3. The van der Waals surface area contributed by atoms with E-state index in [4.69, 9.17) is 4.74 Å². The van der Waals surface area contributed by atoms with Crippen LogP contribution < -0.4 is 15.0 Å². The number of nitro benzene ring substituents is 1. The Morgan fingerprint density at radius 1 is 1.02 bits per heavy atom. The molecule has 1 aliphatic heterocycles. The minimum Gasteiger partial charge on any atom is -0.422 e. The molecule has 0 spiro atoms. The maximum atomic E-state index is 13.3. The number of nitro groups is 1. The molecule has 0 unspecified atom stereocenters. The lowest BCUT2D eigenvalue weighted by molar-refractivity contribution is -0.384. The van der Waals surface area contributed by atoms with Gasteiger partial charge in [0.05, 0.1) is 20.6 Å². The average molecular weight is 709 g/mol. The summed E-state index contributed by atoms with van der Waals surface area (Å²) in [6.07, 6.45) is -1.36. The molecule has 15 heteroatoms. The molecule has 214 valence electrons. The van der Waals surface area contributed by atoms with Crippen LogP contribution in [0, 0.1) is 10.1 Å². The van der Waals surface area contributed by atoms with Crippen LogP contribution >= 0.6 is 31.9 Å². The number of nitrogens with one attached hydrogen (secondary N) is 1. The van der Waals surface area contributed by atoms with Crippen LogP contribution in [0.5, 0.6) is 5.75 Å². The predicted octanol–water partition coefficient (Wildman–Crippen LogP) is 6.42. The van der Waals surface area contributed by atoms with Crippen molar-refractivity contribution < 1.29 is 42.0 Å². The highest BCUT2D eigenvalue weighted by atomic mass is 79.9. The number of amides is 4. The zero-order valence-corrected chi connectivity index (χ0v) is 23.8. The molecule has 4 rings (SSSR count). The number of nitrogens with zero attached hydrogens (tertiary/aromatic N) is 2. The van der Waals surface area contributed by atoms with E-state index in [-0.39, 0.29) is 21.5 Å². The lowest BCUT2D eigenvalue weighted by Crippen LogP contribution is -2.54. The summed E-state index contributed by atoms with van der Waals surface area (Å²) in [5.74, 6) is -3.36. The first-order valence-corrected chi connectivity index (χ1v) is 13.1. The van der Waals surface area contributed by atoms with Crippen molar-refractivity contribution in [3.05, 3.63) is 108 Å². The van der Waals surface area contributed by atoms with Crippen LogP contribution in [0.4, 0.5) is 29.3 Å². The van der Waals surface area contributed by atoms with Gasteiger partial charge in [-0.2, -0.15) is 13.2 Å². The highest BCUT2D eigenvalue weighted by molar-refractivity contribution is 9.11. The number of esters is 1. The van der Waals surface area contributed by atoms with Crippen LogP contribution in [-0.2, 0) is 20.6 Å². The maximum absolute atomic E-state index is 13.3. The van der Waals surface area contributed by atoms with Crippen molar-refractivity contribution in [2.75, 3.05) is 4.90 Å². The Hall–Kier alpha value is -4.63. The predicted molar refractivity (Wildman–Crippen MR) is 150 cm³/mol. The van der Waals surface area contributed by atoms with Gasteiger partial charge in [0.25, 0.3) is 17.5 Å². The van der Waals surface area contributed by atoms with Crippen LogP contribution in [-0.4, -0.2) is 28.7 Å². The smallest absolute Gasteiger partial charge is 0.416 e. The third-order valence-electron chi connectivity index (χ3n) is 5.59. The minimum atomic E-state index is -4.76. The number of carbonyl (C=O) groups excluding carboxylic acids is 4. The van der Waals surface area contributed by atoms with Gasteiger partial charge in [0.15, 0.2) is 5.75 Å². The molecule has 0 saturated carbocycles. The first-order valence-electron chi connectivity index (χ1n) is 11.5. The molecule has 1 heterocycles. The number of alkyl halides is 3. The van der Waals surface area contributed by atoms with E-state index in [2.05, 4.69) is 31.9 Å². The van der Waals surface area contributed by atoms with Gasteiger partial charge in [-0.05, 0) is 76.1 Å². The lowest BCUT2D eigenvalue weighted by atomic mass is 10.1. The topological polar surface area (TPSA) is 136 Å². The monoisotopic (exact) mass is 707 g/mol. The van der Waals surface area contributed by atoms with Gasteiger partial charge >= 0.3 is 18.2 Å². The van der Waals surface area contributed by atoms with Gasteiger partial charge in [0, 0.05) is 28.2 Å². The van der Waals surface area contributed by atoms with Gasteiger partial charge < -0.3 is 4.74 Å². The highest BCUT2D eigenvalue weighted by Crippen LogP contribution is 2.36. The average Bonchev–Trinajstić information content (AvgIpc) is 2.91. The molecular formula is C27H14Br2F3N3O7. The number of urea groups is 1. The molecule has 0 bridgehead atoms. The number of ether oxygens (including phenoxy) is 1. The first-order chi connectivity index (χ1) is 19.7. The van der Waals surface area contributed by atoms with Crippen molar-refractivity contribution in [2.45, 2.75) is 6.18 Å². The molecule has 0 aliphatic carbocycles. The Morgan fingerprint density at radius 3 is 2.36 bits per heavy atom. The molecule has 3 aromatic rings. The SMILES string of the molecule is O=C(/C=C/c1ccc([N+](=O)[O-])cc1)Oc1c(Br)cc(Br)cc1/C=C1/C(=O)NC(=O)N(c2cccc(C(F)(F)F)c2)C1=O. The van der Waals surface area contributed by atoms with E-state index in [1.54, 1.807) is 0 Å². The normalized spacial score (nSPS) is 14.8. The highest BCUT2D eigenvalue weighted by Gasteiger charge is 2.38. The minimum absolute atomic E-state index is 0.0187. The number of non-ortho nitro benzene ring substituents is 1. The summed E-state index contributed by atoms with van der Waals surface area (Å²) in [5.41, 5.74) is -1.83. The van der Waals surface area contributed by atoms with Crippen molar-refractivity contribution >= 4 is 79.2 Å². The molecule has 42 heavy (non-hydrogen) atoms. The van der Waals surface area contributed by atoms with Crippen molar-refractivity contribution in [1.82, 2.24) is 5.32 Å². The fraction of sp³-hybridized carbons (Fsp3) is 0.0370. The Kier molecular flexibility index (Phi) is 8.72. The van der Waals surface area contributed by atoms with Crippen molar-refractivity contribution in [3.8, 4) is 5.75 Å². The summed E-state index contributed by atoms with van der Waals surface area (Å²) < 4.78 is 45.7. The van der Waals surface area contributed by atoms with E-state index in [0.717, 1.165) is 30.4 Å². The van der Waals surface area contributed by atoms with E-state index in [1.807, 2.05) is 5.32 Å². The number of barbiturate groups is 1. The van der Waals surface area contributed by atoms with Crippen LogP contribution in [0.15, 0.2) is 81.3 Å². The quantitative estimate of drug-likeness (QED) is 0.0779. The molecular weight excluding hydrogens is 695 g/mol. The number of imide groups is 2.